The first-order chi connectivity index (χ1) is 32.3. The third-order valence-corrected chi connectivity index (χ3v) is 21.4. The molecule has 0 saturated carbocycles. The zero-order valence-corrected chi connectivity index (χ0v) is 37.7. The molecular formula is C59H37N3S2Si. The van der Waals surface area contributed by atoms with E-state index in [-0.39, 0.29) is 0 Å². The second-order valence-electron chi connectivity index (χ2n) is 17.0. The second-order valence-corrected chi connectivity index (χ2v) is 22.8. The van der Waals surface area contributed by atoms with Crippen LogP contribution in [0.4, 0.5) is 0 Å². The molecule has 0 radical (unpaired) electrons. The Morgan fingerprint density at radius 1 is 0.338 bits per heavy atom. The molecule has 0 aliphatic carbocycles. The van der Waals surface area contributed by atoms with Crippen molar-refractivity contribution in [3.8, 4) is 11.4 Å². The molecule has 6 heteroatoms. The van der Waals surface area contributed by atoms with Gasteiger partial charge in [-0.05, 0) is 87.5 Å². The molecule has 0 N–H and O–H groups in total. The van der Waals surface area contributed by atoms with Crippen LogP contribution in [0, 0.1) is 0 Å². The molecule has 0 aliphatic heterocycles. The Hall–Kier alpha value is -7.61. The first-order valence-electron chi connectivity index (χ1n) is 22.1. The van der Waals surface area contributed by atoms with Crippen LogP contribution >= 0.6 is 22.7 Å². The van der Waals surface area contributed by atoms with Crippen molar-refractivity contribution in [2.24, 2.45) is 0 Å². The van der Waals surface area contributed by atoms with Crippen molar-refractivity contribution in [3.05, 3.63) is 225 Å². The summed E-state index contributed by atoms with van der Waals surface area (Å²) in [5, 5.41) is 14.5. The fourth-order valence-corrected chi connectivity index (χ4v) is 19.3. The van der Waals surface area contributed by atoms with E-state index in [1.807, 2.05) is 34.9 Å². The van der Waals surface area contributed by atoms with Gasteiger partial charge >= 0.3 is 0 Å². The van der Waals surface area contributed by atoms with Crippen molar-refractivity contribution in [3.63, 3.8) is 0 Å². The molecule has 0 aliphatic rings. The molecule has 0 unspecified atom stereocenters. The van der Waals surface area contributed by atoms with Crippen LogP contribution in [0.1, 0.15) is 0 Å². The summed E-state index contributed by atoms with van der Waals surface area (Å²) in [6.45, 7) is 0. The number of hydrogen-bond donors (Lipinski definition) is 0. The number of nitrogens with zero attached hydrogens (tertiary/aromatic N) is 3. The highest BCUT2D eigenvalue weighted by Gasteiger charge is 2.44. The van der Waals surface area contributed by atoms with E-state index in [1.54, 1.807) is 0 Å². The summed E-state index contributed by atoms with van der Waals surface area (Å²) < 4.78 is 10.1. The minimum Gasteiger partial charge on any atom is -0.309 e. The Balaban J connectivity index is 1.04. The molecular weight excluding hydrogens is 843 g/mol. The lowest BCUT2D eigenvalue weighted by molar-refractivity contribution is 1.18. The molecule has 65 heavy (non-hydrogen) atoms. The van der Waals surface area contributed by atoms with Gasteiger partial charge in [-0.25, -0.2) is 0 Å². The molecule has 0 fully saturated rings. The maximum Gasteiger partial charge on any atom is 0.182 e. The normalized spacial score (nSPS) is 12.3. The van der Waals surface area contributed by atoms with Gasteiger partial charge < -0.3 is 9.13 Å². The fraction of sp³-hybridized carbons (Fsp3) is 0. The van der Waals surface area contributed by atoms with Gasteiger partial charge in [0, 0.05) is 74.1 Å². The van der Waals surface area contributed by atoms with Gasteiger partial charge in [0.2, 0.25) is 0 Å². The Labute approximate surface area is 383 Å². The van der Waals surface area contributed by atoms with Crippen LogP contribution in [0.5, 0.6) is 0 Å². The number of hydrogen-bond acceptors (Lipinski definition) is 3. The largest absolute Gasteiger partial charge is 0.309 e. The van der Waals surface area contributed by atoms with Crippen molar-refractivity contribution in [2.75, 3.05) is 0 Å². The lowest BCUT2D eigenvalue weighted by atomic mass is 10.1. The minimum atomic E-state index is -3.03. The topological polar surface area (TPSA) is 22.8 Å². The van der Waals surface area contributed by atoms with Crippen LogP contribution in [0.3, 0.4) is 0 Å². The Morgan fingerprint density at radius 2 is 0.769 bits per heavy atom. The van der Waals surface area contributed by atoms with Gasteiger partial charge in [-0.2, -0.15) is 0 Å². The zero-order valence-electron chi connectivity index (χ0n) is 35.0. The van der Waals surface area contributed by atoms with E-state index in [1.165, 1.54) is 99.5 Å². The minimum absolute atomic E-state index is 1.03. The fourth-order valence-electron chi connectivity index (χ4n) is 11.0. The molecule has 0 bridgehead atoms. The Bertz CT molecular complexity index is 3820. The molecule has 9 aromatic carbocycles. The third-order valence-electron chi connectivity index (χ3n) is 13.7. The molecule has 5 heterocycles. The highest BCUT2D eigenvalue weighted by atomic mass is 32.1. The molecule has 14 rings (SSSR count). The summed E-state index contributed by atoms with van der Waals surface area (Å²) in [5.41, 5.74) is 8.09. The number of fused-ring (bicyclic) bond motifs is 12. The number of benzene rings is 9. The van der Waals surface area contributed by atoms with Crippen LogP contribution in [-0.4, -0.2) is 22.2 Å². The van der Waals surface area contributed by atoms with Gasteiger partial charge in [-0.15, -0.1) is 22.7 Å². The van der Waals surface area contributed by atoms with E-state index in [9.17, 15) is 0 Å². The van der Waals surface area contributed by atoms with E-state index in [2.05, 4.69) is 221 Å². The molecule has 5 aromatic heterocycles. The number of rotatable bonds is 6. The summed E-state index contributed by atoms with van der Waals surface area (Å²) in [5.74, 6) is 0. The molecule has 0 saturated heterocycles. The smallest absolute Gasteiger partial charge is 0.182 e. The van der Waals surface area contributed by atoms with E-state index in [4.69, 9.17) is 4.98 Å². The maximum atomic E-state index is 4.84. The molecule has 0 amide bonds. The Morgan fingerprint density at radius 3 is 1.31 bits per heavy atom. The van der Waals surface area contributed by atoms with Gasteiger partial charge in [0.15, 0.2) is 8.07 Å². The predicted molar refractivity (Wildman–Crippen MR) is 282 cm³/mol. The number of thiophene rings is 2. The van der Waals surface area contributed by atoms with Crippen LogP contribution in [0.15, 0.2) is 225 Å². The second kappa shape index (κ2) is 14.2. The van der Waals surface area contributed by atoms with Gasteiger partial charge in [-0.1, -0.05) is 152 Å². The van der Waals surface area contributed by atoms with Crippen molar-refractivity contribution >= 4 is 136 Å². The standard InChI is InChI=1S/C59H37N3S2Si/c1-3-16-40(17-4-1)65(41-18-5-2-6-19-41,55-29-13-23-44-47-36-38(31-33-53(47)63-58(44)55)61-49-25-10-7-20-42(49)43-21-8-11-26-50(43)61)56-30-14-24-45-48-37-39(32-34-54(48)64-59(45)56)62-51-27-12-9-22-46(51)57-52(62)28-15-35-60-57/h1-37H. The van der Waals surface area contributed by atoms with Gasteiger partial charge in [-0.3, -0.25) is 4.98 Å². The van der Waals surface area contributed by atoms with Crippen molar-refractivity contribution in [1.29, 1.82) is 0 Å². The predicted octanol–water partition coefficient (Wildman–Crippen LogP) is 13.4. The number of pyridine rings is 1. The monoisotopic (exact) mass is 879 g/mol. The number of aromatic nitrogens is 3. The summed E-state index contributed by atoms with van der Waals surface area (Å²) >= 11 is 3.88. The summed E-state index contributed by atoms with van der Waals surface area (Å²) in [7, 11) is -3.03. The average Bonchev–Trinajstić information content (AvgIpc) is 4.13. The highest BCUT2D eigenvalue weighted by Crippen LogP contribution is 2.41. The lowest BCUT2D eigenvalue weighted by Crippen LogP contribution is -2.74. The van der Waals surface area contributed by atoms with Crippen molar-refractivity contribution in [1.82, 2.24) is 14.1 Å². The molecule has 0 atom stereocenters. The SMILES string of the molecule is c1ccc([Si](c2ccccc2)(c2cccc3c2sc2ccc(-n4c5ccccc5c5ccccc54)cc23)c2cccc3c2sc2ccc(-n4c5ccccc5c5ncccc54)cc23)cc1. The molecule has 0 spiro atoms. The zero-order chi connectivity index (χ0) is 42.6. The van der Waals surface area contributed by atoms with Crippen LogP contribution in [-0.2, 0) is 0 Å². The Kier molecular flexibility index (Phi) is 8.04. The summed E-state index contributed by atoms with van der Waals surface area (Å²) in [6.07, 6.45) is 1.90. The quantitative estimate of drug-likeness (QED) is 0.121. The summed E-state index contributed by atoms with van der Waals surface area (Å²) in [6, 6.07) is 81.7. The lowest BCUT2D eigenvalue weighted by Gasteiger charge is -2.35. The van der Waals surface area contributed by atoms with Crippen LogP contribution in [0.25, 0.3) is 95.5 Å². The molecule has 304 valence electrons. The molecule has 14 aromatic rings. The number of para-hydroxylation sites is 3. The van der Waals surface area contributed by atoms with E-state index >= 15 is 0 Å². The van der Waals surface area contributed by atoms with Crippen molar-refractivity contribution < 1.29 is 0 Å². The molecule has 3 nitrogen and oxygen atoms in total. The van der Waals surface area contributed by atoms with E-state index < -0.39 is 8.07 Å². The highest BCUT2D eigenvalue weighted by molar-refractivity contribution is 7.33. The van der Waals surface area contributed by atoms with Gasteiger partial charge in [0.1, 0.15) is 0 Å². The van der Waals surface area contributed by atoms with E-state index in [0.717, 1.165) is 16.7 Å². The van der Waals surface area contributed by atoms with Crippen molar-refractivity contribution in [2.45, 2.75) is 0 Å². The maximum absolute atomic E-state index is 4.84. The average molecular weight is 880 g/mol. The van der Waals surface area contributed by atoms with Gasteiger partial charge in [0.25, 0.3) is 0 Å². The summed E-state index contributed by atoms with van der Waals surface area (Å²) in [4.78, 5) is 4.84. The van der Waals surface area contributed by atoms with Crippen LogP contribution in [0.2, 0.25) is 0 Å². The van der Waals surface area contributed by atoms with Gasteiger partial charge in [0.05, 0.1) is 27.6 Å². The van der Waals surface area contributed by atoms with E-state index in [0.29, 0.717) is 0 Å². The van der Waals surface area contributed by atoms with Crippen LogP contribution < -0.4 is 20.7 Å². The first kappa shape index (κ1) is 36.8. The third kappa shape index (κ3) is 5.24. The first-order valence-corrected chi connectivity index (χ1v) is 25.7.